The minimum absolute atomic E-state index is 0.0400. The average molecular weight is 446 g/mol. The fourth-order valence-corrected chi connectivity index (χ4v) is 3.49. The Labute approximate surface area is 180 Å². The maximum absolute atomic E-state index is 13.0. The first-order chi connectivity index (χ1) is 14.0. The van der Waals surface area contributed by atoms with Crippen LogP contribution < -0.4 is 22.1 Å². The van der Waals surface area contributed by atoms with Crippen LogP contribution in [-0.4, -0.2) is 76.1 Å². The van der Waals surface area contributed by atoms with Crippen LogP contribution in [0.3, 0.4) is 0 Å². The van der Waals surface area contributed by atoms with Crippen LogP contribution in [0.2, 0.25) is 0 Å². The van der Waals surface area contributed by atoms with Crippen molar-refractivity contribution in [3.05, 3.63) is 0 Å². The van der Waals surface area contributed by atoms with Gasteiger partial charge in [-0.2, -0.15) is 12.6 Å². The first-order valence-corrected chi connectivity index (χ1v) is 10.4. The number of hydrogen-bond acceptors (Lipinski definition) is 7. The van der Waals surface area contributed by atoms with E-state index in [0.29, 0.717) is 25.8 Å². The highest BCUT2D eigenvalue weighted by atomic mass is 32.1. The second kappa shape index (κ2) is 11.7. The number of thiol groups is 1. The number of nitrogens with two attached hydrogens (primary N) is 2. The van der Waals surface area contributed by atoms with E-state index >= 15 is 0 Å². The molecular weight excluding hydrogens is 414 g/mol. The van der Waals surface area contributed by atoms with E-state index in [2.05, 4.69) is 23.3 Å². The standard InChI is InChI=1S/C18H31N5O6S/c1-9(2)6-11(17(27)23-5-3-4-13(23)18(28)29)21-16(26)12(8-30)22-15(25)10(19)7-14(20)24/h9-13,30H,3-8,19H2,1-2H3,(H2,20,24)(H,21,26)(H,22,25)(H,28,29). The Hall–Kier alpha value is -2.34. The molecule has 0 aromatic rings. The van der Waals surface area contributed by atoms with Crippen LogP contribution in [-0.2, 0) is 24.0 Å². The smallest absolute Gasteiger partial charge is 0.326 e. The molecule has 0 spiro atoms. The lowest BCUT2D eigenvalue weighted by Crippen LogP contribution is -2.58. The lowest BCUT2D eigenvalue weighted by molar-refractivity contribution is -0.149. The fourth-order valence-electron chi connectivity index (χ4n) is 3.23. The van der Waals surface area contributed by atoms with E-state index in [4.69, 9.17) is 11.5 Å². The first-order valence-electron chi connectivity index (χ1n) is 9.76. The van der Waals surface area contributed by atoms with Crippen LogP contribution in [0.5, 0.6) is 0 Å². The average Bonchev–Trinajstić information content (AvgIpc) is 3.13. The molecule has 11 nitrogen and oxygen atoms in total. The molecular formula is C18H31N5O6S. The minimum Gasteiger partial charge on any atom is -0.480 e. The summed E-state index contributed by atoms with van der Waals surface area (Å²) in [7, 11) is 0. The van der Waals surface area contributed by atoms with Crippen molar-refractivity contribution >= 4 is 42.2 Å². The van der Waals surface area contributed by atoms with Crippen molar-refractivity contribution < 1.29 is 29.1 Å². The van der Waals surface area contributed by atoms with Crippen LogP contribution in [0.25, 0.3) is 0 Å². The minimum atomic E-state index is -1.22. The Morgan fingerprint density at radius 1 is 1.13 bits per heavy atom. The van der Waals surface area contributed by atoms with E-state index in [9.17, 15) is 29.1 Å². The molecule has 0 aromatic heterocycles. The van der Waals surface area contributed by atoms with Gasteiger partial charge in [0.15, 0.2) is 0 Å². The number of carboxylic acid groups (broad SMARTS) is 1. The number of nitrogens with one attached hydrogen (secondary N) is 2. The van der Waals surface area contributed by atoms with E-state index in [0.717, 1.165) is 0 Å². The number of carboxylic acids is 1. The van der Waals surface area contributed by atoms with Crippen LogP contribution in [0, 0.1) is 5.92 Å². The number of rotatable bonds is 11. The highest BCUT2D eigenvalue weighted by Gasteiger charge is 2.38. The molecule has 1 aliphatic heterocycles. The molecule has 1 saturated heterocycles. The van der Waals surface area contributed by atoms with E-state index in [-0.39, 0.29) is 18.1 Å². The maximum Gasteiger partial charge on any atom is 0.326 e. The summed E-state index contributed by atoms with van der Waals surface area (Å²) < 4.78 is 0. The lowest BCUT2D eigenvalue weighted by atomic mass is 10.0. The van der Waals surface area contributed by atoms with Crippen molar-refractivity contribution in [1.29, 1.82) is 0 Å². The molecule has 12 heteroatoms. The molecule has 1 aliphatic rings. The Morgan fingerprint density at radius 3 is 2.23 bits per heavy atom. The molecule has 4 amide bonds. The van der Waals surface area contributed by atoms with E-state index in [1.807, 2.05) is 13.8 Å². The maximum atomic E-state index is 13.0. The Morgan fingerprint density at radius 2 is 1.73 bits per heavy atom. The van der Waals surface area contributed by atoms with Crippen molar-refractivity contribution in [3.63, 3.8) is 0 Å². The fraction of sp³-hybridized carbons (Fsp3) is 0.722. The molecule has 0 radical (unpaired) electrons. The highest BCUT2D eigenvalue weighted by molar-refractivity contribution is 7.80. The Bertz CT molecular complexity index is 673. The second-order valence-electron chi connectivity index (χ2n) is 7.74. The van der Waals surface area contributed by atoms with Crippen LogP contribution in [0.4, 0.5) is 0 Å². The van der Waals surface area contributed by atoms with Gasteiger partial charge in [0.2, 0.25) is 23.6 Å². The van der Waals surface area contributed by atoms with Gasteiger partial charge in [-0.1, -0.05) is 13.8 Å². The molecule has 170 valence electrons. The number of carbonyl (C=O) groups excluding carboxylic acids is 4. The van der Waals surface area contributed by atoms with Gasteiger partial charge in [0, 0.05) is 12.3 Å². The number of primary amides is 1. The van der Waals surface area contributed by atoms with Crippen molar-refractivity contribution in [2.24, 2.45) is 17.4 Å². The number of carbonyl (C=O) groups is 5. The highest BCUT2D eigenvalue weighted by Crippen LogP contribution is 2.20. The monoisotopic (exact) mass is 445 g/mol. The predicted octanol–water partition coefficient (Wildman–Crippen LogP) is -1.79. The van der Waals surface area contributed by atoms with Gasteiger partial charge in [-0.3, -0.25) is 19.2 Å². The third kappa shape index (κ3) is 7.48. The predicted molar refractivity (Wildman–Crippen MR) is 111 cm³/mol. The molecule has 0 aromatic carbocycles. The van der Waals surface area contributed by atoms with Gasteiger partial charge in [0.05, 0.1) is 12.5 Å². The summed E-state index contributed by atoms with van der Waals surface area (Å²) in [6, 6.07) is -4.19. The van der Waals surface area contributed by atoms with Crippen LogP contribution in [0.1, 0.15) is 39.5 Å². The summed E-state index contributed by atoms with van der Waals surface area (Å²) in [5, 5.41) is 14.3. The number of amides is 4. The van der Waals surface area contributed by atoms with Gasteiger partial charge < -0.3 is 32.1 Å². The molecule has 4 unspecified atom stereocenters. The zero-order valence-electron chi connectivity index (χ0n) is 17.2. The molecule has 1 heterocycles. The summed E-state index contributed by atoms with van der Waals surface area (Å²) in [6.45, 7) is 4.03. The SMILES string of the molecule is CC(C)CC(NC(=O)C(CS)NC(=O)C(N)CC(N)=O)C(=O)N1CCCC1C(=O)O. The van der Waals surface area contributed by atoms with Crippen LogP contribution in [0.15, 0.2) is 0 Å². The number of aliphatic carboxylic acids is 1. The molecule has 0 aliphatic carbocycles. The number of nitrogens with zero attached hydrogens (tertiary/aromatic N) is 1. The Kier molecular flexibility index (Phi) is 10.1. The molecule has 1 fully saturated rings. The topological polar surface area (TPSA) is 185 Å². The van der Waals surface area contributed by atoms with Crippen molar-refractivity contribution in [3.8, 4) is 0 Å². The summed E-state index contributed by atoms with van der Waals surface area (Å²) in [5.74, 6) is -3.76. The van der Waals surface area contributed by atoms with E-state index < -0.39 is 53.8 Å². The van der Waals surface area contributed by atoms with Crippen molar-refractivity contribution in [2.45, 2.75) is 63.7 Å². The van der Waals surface area contributed by atoms with E-state index in [1.54, 1.807) is 0 Å². The largest absolute Gasteiger partial charge is 0.480 e. The summed E-state index contributed by atoms with van der Waals surface area (Å²) in [6.07, 6.45) is 0.837. The molecule has 7 N–H and O–H groups in total. The summed E-state index contributed by atoms with van der Waals surface area (Å²) in [4.78, 5) is 61.3. The van der Waals surface area contributed by atoms with E-state index in [1.165, 1.54) is 4.90 Å². The van der Waals surface area contributed by atoms with Gasteiger partial charge in [0.1, 0.15) is 18.1 Å². The number of likely N-dealkylation sites (tertiary alicyclic amines) is 1. The molecule has 30 heavy (non-hydrogen) atoms. The summed E-state index contributed by atoms with van der Waals surface area (Å²) >= 11 is 4.06. The first kappa shape index (κ1) is 25.7. The van der Waals surface area contributed by atoms with Gasteiger partial charge in [-0.15, -0.1) is 0 Å². The molecule has 1 rings (SSSR count). The zero-order valence-corrected chi connectivity index (χ0v) is 18.1. The number of hydrogen-bond donors (Lipinski definition) is 6. The Balaban J connectivity index is 2.88. The van der Waals surface area contributed by atoms with Gasteiger partial charge in [-0.25, -0.2) is 4.79 Å². The van der Waals surface area contributed by atoms with Crippen molar-refractivity contribution in [1.82, 2.24) is 15.5 Å². The normalized spacial score (nSPS) is 19.1. The quantitative estimate of drug-likeness (QED) is 0.203. The van der Waals surface area contributed by atoms with Gasteiger partial charge in [0.25, 0.3) is 0 Å². The van der Waals surface area contributed by atoms with Gasteiger partial charge >= 0.3 is 5.97 Å². The summed E-state index contributed by atoms with van der Waals surface area (Å²) in [5.41, 5.74) is 10.6. The molecule has 0 saturated carbocycles. The third-order valence-corrected chi connectivity index (χ3v) is 5.08. The second-order valence-corrected chi connectivity index (χ2v) is 8.10. The molecule has 0 bridgehead atoms. The zero-order chi connectivity index (χ0) is 23.0. The van der Waals surface area contributed by atoms with Crippen LogP contribution >= 0.6 is 12.6 Å². The van der Waals surface area contributed by atoms with Crippen molar-refractivity contribution in [2.75, 3.05) is 12.3 Å². The molecule has 4 atom stereocenters. The third-order valence-electron chi connectivity index (χ3n) is 4.72. The van der Waals surface area contributed by atoms with Gasteiger partial charge in [-0.05, 0) is 25.2 Å². The lowest BCUT2D eigenvalue weighted by Gasteiger charge is -2.29.